The second kappa shape index (κ2) is 6.62. The molecule has 3 nitrogen and oxygen atoms in total. The van der Waals surface area contributed by atoms with Crippen LogP contribution in [0.25, 0.3) is 5.57 Å². The number of allylic oxidation sites excluding steroid dienone is 3. The van der Waals surface area contributed by atoms with Crippen LogP contribution in [0.15, 0.2) is 41.4 Å². The van der Waals surface area contributed by atoms with Crippen LogP contribution in [-0.2, 0) is 9.53 Å². The molecule has 1 unspecified atom stereocenters. The molecule has 2 rings (SSSR count). The molecule has 1 aliphatic rings. The molecule has 1 aliphatic carbocycles. The van der Waals surface area contributed by atoms with Crippen LogP contribution in [0.5, 0.6) is 5.75 Å². The van der Waals surface area contributed by atoms with Crippen LogP contribution in [0.2, 0.25) is 0 Å². The number of ether oxygens (including phenoxy) is 2. The molecule has 0 radical (unpaired) electrons. The molecular weight excluding hydrogens is 276 g/mol. The van der Waals surface area contributed by atoms with Gasteiger partial charge < -0.3 is 9.47 Å². The number of carbonyl (C=O) groups excluding carboxylic acids is 1. The third-order valence-electron chi connectivity index (χ3n) is 3.21. The summed E-state index contributed by atoms with van der Waals surface area (Å²) in [5.41, 5.74) is 1.84. The Morgan fingerprint density at radius 2 is 2.05 bits per heavy atom. The Morgan fingerprint density at radius 1 is 1.35 bits per heavy atom. The van der Waals surface area contributed by atoms with Crippen LogP contribution in [0.3, 0.4) is 0 Å². The topological polar surface area (TPSA) is 35.5 Å². The fraction of sp³-hybridized carbons (Fsp3) is 0.312. The average molecular weight is 293 g/mol. The third-order valence-corrected chi connectivity index (χ3v) is 3.48. The molecule has 0 aliphatic heterocycles. The second-order valence-electron chi connectivity index (χ2n) is 4.46. The molecule has 1 aromatic rings. The number of esters is 1. The van der Waals surface area contributed by atoms with E-state index in [2.05, 4.69) is 0 Å². The predicted octanol–water partition coefficient (Wildman–Crippen LogP) is 3.78. The maximum absolute atomic E-state index is 12.1. The zero-order valence-corrected chi connectivity index (χ0v) is 12.3. The van der Waals surface area contributed by atoms with E-state index in [1.165, 1.54) is 0 Å². The first-order chi connectivity index (χ1) is 9.65. The molecule has 106 valence electrons. The fourth-order valence-corrected chi connectivity index (χ4v) is 2.41. The molecule has 0 heterocycles. The molecule has 0 amide bonds. The highest BCUT2D eigenvalue weighted by Crippen LogP contribution is 2.34. The predicted molar refractivity (Wildman–Crippen MR) is 79.6 cm³/mol. The summed E-state index contributed by atoms with van der Waals surface area (Å²) < 4.78 is 10.3. The van der Waals surface area contributed by atoms with E-state index in [-0.39, 0.29) is 11.9 Å². The van der Waals surface area contributed by atoms with Gasteiger partial charge >= 0.3 is 5.97 Å². The minimum absolute atomic E-state index is 0.213. The highest BCUT2D eigenvalue weighted by Gasteiger charge is 2.27. The Morgan fingerprint density at radius 3 is 2.65 bits per heavy atom. The van der Waals surface area contributed by atoms with E-state index in [9.17, 15) is 4.79 Å². The van der Waals surface area contributed by atoms with Gasteiger partial charge in [-0.05, 0) is 42.7 Å². The number of benzene rings is 1. The van der Waals surface area contributed by atoms with Gasteiger partial charge in [-0.2, -0.15) is 0 Å². The van der Waals surface area contributed by atoms with Crippen molar-refractivity contribution < 1.29 is 14.3 Å². The van der Waals surface area contributed by atoms with Crippen molar-refractivity contribution in [3.8, 4) is 5.75 Å². The van der Waals surface area contributed by atoms with Crippen molar-refractivity contribution in [2.24, 2.45) is 5.92 Å². The smallest absolute Gasteiger partial charge is 0.313 e. The average Bonchev–Trinajstić information content (AvgIpc) is 2.47. The van der Waals surface area contributed by atoms with Crippen molar-refractivity contribution >= 4 is 23.1 Å². The lowest BCUT2D eigenvalue weighted by molar-refractivity contribution is -0.145. The summed E-state index contributed by atoms with van der Waals surface area (Å²) in [7, 11) is 1.62. The second-order valence-corrected chi connectivity index (χ2v) is 4.89. The lowest BCUT2D eigenvalue weighted by Crippen LogP contribution is -2.20. The lowest BCUT2D eigenvalue weighted by atomic mass is 9.86. The van der Waals surface area contributed by atoms with Gasteiger partial charge in [-0.3, -0.25) is 4.79 Å². The van der Waals surface area contributed by atoms with Crippen molar-refractivity contribution in [2.75, 3.05) is 13.7 Å². The SMILES string of the molecule is CCOC(=O)C1CC=C(Cl)C=C1c1ccc(OC)cc1. The van der Waals surface area contributed by atoms with E-state index in [0.717, 1.165) is 16.9 Å². The summed E-state index contributed by atoms with van der Waals surface area (Å²) >= 11 is 6.07. The maximum atomic E-state index is 12.1. The van der Waals surface area contributed by atoms with Gasteiger partial charge in [0.2, 0.25) is 0 Å². The van der Waals surface area contributed by atoms with E-state index in [4.69, 9.17) is 21.1 Å². The molecule has 1 atom stereocenters. The molecule has 0 aromatic heterocycles. The number of halogens is 1. The maximum Gasteiger partial charge on any atom is 0.313 e. The van der Waals surface area contributed by atoms with Crippen molar-refractivity contribution in [2.45, 2.75) is 13.3 Å². The van der Waals surface area contributed by atoms with E-state index < -0.39 is 0 Å². The first kappa shape index (κ1) is 14.7. The quantitative estimate of drug-likeness (QED) is 0.792. The Kier molecular flexibility index (Phi) is 4.85. The number of rotatable bonds is 4. The van der Waals surface area contributed by atoms with Crippen LogP contribution < -0.4 is 4.74 Å². The molecule has 4 heteroatoms. The van der Waals surface area contributed by atoms with Crippen molar-refractivity contribution in [1.82, 2.24) is 0 Å². The summed E-state index contributed by atoms with van der Waals surface area (Å²) in [6.07, 6.45) is 4.24. The monoisotopic (exact) mass is 292 g/mol. The summed E-state index contributed by atoms with van der Waals surface area (Å²) in [6, 6.07) is 7.58. The highest BCUT2D eigenvalue weighted by molar-refractivity contribution is 6.32. The van der Waals surface area contributed by atoms with E-state index in [0.29, 0.717) is 18.1 Å². The normalized spacial score (nSPS) is 18.1. The number of carbonyl (C=O) groups is 1. The van der Waals surface area contributed by atoms with Gasteiger partial charge in [-0.1, -0.05) is 29.8 Å². The zero-order chi connectivity index (χ0) is 14.5. The van der Waals surface area contributed by atoms with Gasteiger partial charge in [-0.15, -0.1) is 0 Å². The van der Waals surface area contributed by atoms with Crippen LogP contribution >= 0.6 is 11.6 Å². The summed E-state index contributed by atoms with van der Waals surface area (Å²) in [6.45, 7) is 2.18. The van der Waals surface area contributed by atoms with Crippen LogP contribution in [-0.4, -0.2) is 19.7 Å². The first-order valence-corrected chi connectivity index (χ1v) is 6.91. The molecule has 1 aromatic carbocycles. The summed E-state index contributed by atoms with van der Waals surface area (Å²) in [4.78, 5) is 12.1. The Labute approximate surface area is 123 Å². The molecule has 0 bridgehead atoms. The van der Waals surface area contributed by atoms with Gasteiger partial charge in [0.15, 0.2) is 0 Å². The summed E-state index contributed by atoms with van der Waals surface area (Å²) in [5, 5.41) is 0.649. The fourth-order valence-electron chi connectivity index (χ4n) is 2.20. The van der Waals surface area contributed by atoms with Crippen LogP contribution in [0.1, 0.15) is 18.9 Å². The van der Waals surface area contributed by atoms with Gasteiger partial charge in [0.25, 0.3) is 0 Å². The molecule has 0 N–H and O–H groups in total. The Bertz CT molecular complexity index is 543. The molecule has 0 saturated carbocycles. The zero-order valence-electron chi connectivity index (χ0n) is 11.6. The first-order valence-electron chi connectivity index (χ1n) is 6.54. The van der Waals surface area contributed by atoms with Crippen LogP contribution in [0, 0.1) is 5.92 Å². The molecule has 0 spiro atoms. The van der Waals surface area contributed by atoms with Crippen molar-refractivity contribution in [3.63, 3.8) is 0 Å². The Balaban J connectivity index is 2.32. The van der Waals surface area contributed by atoms with Crippen molar-refractivity contribution in [3.05, 3.63) is 47.0 Å². The van der Waals surface area contributed by atoms with E-state index >= 15 is 0 Å². The molecule has 20 heavy (non-hydrogen) atoms. The van der Waals surface area contributed by atoms with Crippen molar-refractivity contribution in [1.29, 1.82) is 0 Å². The standard InChI is InChI=1S/C16H17ClO3/c1-3-20-16(18)14-9-6-12(17)10-15(14)11-4-7-13(19-2)8-5-11/h4-8,10,14H,3,9H2,1-2H3. The minimum Gasteiger partial charge on any atom is -0.497 e. The molecule has 0 fully saturated rings. The van der Waals surface area contributed by atoms with Gasteiger partial charge in [-0.25, -0.2) is 0 Å². The van der Waals surface area contributed by atoms with Gasteiger partial charge in [0.1, 0.15) is 5.75 Å². The number of methoxy groups -OCH3 is 1. The Hall–Kier alpha value is -1.74. The van der Waals surface area contributed by atoms with E-state index in [1.54, 1.807) is 14.0 Å². The lowest BCUT2D eigenvalue weighted by Gasteiger charge is -2.21. The highest BCUT2D eigenvalue weighted by atomic mass is 35.5. The van der Waals surface area contributed by atoms with Crippen LogP contribution in [0.4, 0.5) is 0 Å². The largest absolute Gasteiger partial charge is 0.497 e. The minimum atomic E-state index is -0.300. The number of hydrogen-bond donors (Lipinski definition) is 0. The van der Waals surface area contributed by atoms with E-state index in [1.807, 2.05) is 36.4 Å². The number of hydrogen-bond acceptors (Lipinski definition) is 3. The van der Waals surface area contributed by atoms with Gasteiger partial charge in [0, 0.05) is 5.03 Å². The molecular formula is C16H17ClO3. The molecule has 0 saturated heterocycles. The van der Waals surface area contributed by atoms with Gasteiger partial charge in [0.05, 0.1) is 19.6 Å². The summed E-state index contributed by atoms with van der Waals surface area (Å²) in [5.74, 6) is 0.264. The third kappa shape index (κ3) is 3.23.